The van der Waals surface area contributed by atoms with Gasteiger partial charge in [0.1, 0.15) is 12.3 Å². The molecular weight excluding hydrogens is 346 g/mol. The van der Waals surface area contributed by atoms with Crippen molar-refractivity contribution in [2.24, 2.45) is 5.73 Å². The first-order chi connectivity index (χ1) is 12.7. The number of carbonyl (C=O) groups excluding carboxylic acids is 3. The maximum absolute atomic E-state index is 12.8. The smallest absolute Gasteiger partial charge is 0.271 e. The Labute approximate surface area is 157 Å². The van der Waals surface area contributed by atoms with Crippen molar-refractivity contribution in [2.45, 2.75) is 26.4 Å². The summed E-state index contributed by atoms with van der Waals surface area (Å²) in [6, 6.07) is 11.9. The lowest BCUT2D eigenvalue weighted by Crippen LogP contribution is -2.54. The molecule has 3 amide bonds. The van der Waals surface area contributed by atoms with Gasteiger partial charge in [0, 0.05) is 0 Å². The standard InChI is InChI=1S/C20H21N3O4/c1-12-8-9-16-15(10-12)23(19(26)20(2,3)27-16)11-17(24)22-14-7-5-4-6-13(14)18(21)25/h4-10H,11H2,1-3H3,(H2,21,25)(H,22,24). The Balaban J connectivity index is 1.88. The Morgan fingerprint density at radius 1 is 1.19 bits per heavy atom. The molecule has 1 aliphatic rings. The summed E-state index contributed by atoms with van der Waals surface area (Å²) in [4.78, 5) is 38.4. The van der Waals surface area contributed by atoms with Crippen molar-refractivity contribution in [1.82, 2.24) is 0 Å². The van der Waals surface area contributed by atoms with E-state index in [2.05, 4.69) is 5.32 Å². The number of benzene rings is 2. The average molecular weight is 367 g/mol. The second-order valence-corrected chi connectivity index (χ2v) is 6.93. The van der Waals surface area contributed by atoms with Crippen molar-refractivity contribution in [3.05, 3.63) is 53.6 Å². The molecule has 7 heteroatoms. The SMILES string of the molecule is Cc1ccc2c(c1)N(CC(=O)Nc1ccccc1C(N)=O)C(=O)C(C)(C)O2. The summed E-state index contributed by atoms with van der Waals surface area (Å²) in [6.07, 6.45) is 0. The number of hydrogen-bond donors (Lipinski definition) is 2. The van der Waals surface area contributed by atoms with Crippen molar-refractivity contribution < 1.29 is 19.1 Å². The molecule has 0 aromatic heterocycles. The molecule has 0 radical (unpaired) electrons. The van der Waals surface area contributed by atoms with Crippen molar-refractivity contribution in [3.8, 4) is 5.75 Å². The first kappa shape index (κ1) is 18.4. The van der Waals surface area contributed by atoms with E-state index in [9.17, 15) is 14.4 Å². The molecule has 140 valence electrons. The number of ether oxygens (including phenoxy) is 1. The number of primary amides is 1. The van der Waals surface area contributed by atoms with Crippen molar-refractivity contribution in [3.63, 3.8) is 0 Å². The van der Waals surface area contributed by atoms with E-state index >= 15 is 0 Å². The molecule has 7 nitrogen and oxygen atoms in total. The van der Waals surface area contributed by atoms with Crippen LogP contribution in [0.15, 0.2) is 42.5 Å². The fraction of sp³-hybridized carbons (Fsp3) is 0.250. The number of nitrogens with zero attached hydrogens (tertiary/aromatic N) is 1. The molecule has 1 aliphatic heterocycles. The van der Waals surface area contributed by atoms with Crippen molar-refractivity contribution in [2.75, 3.05) is 16.8 Å². The number of para-hydroxylation sites is 1. The Bertz CT molecular complexity index is 937. The summed E-state index contributed by atoms with van der Waals surface area (Å²) in [5.41, 5.74) is 6.24. The first-order valence-electron chi connectivity index (χ1n) is 8.49. The number of carbonyl (C=O) groups is 3. The zero-order chi connectivity index (χ0) is 19.8. The zero-order valence-electron chi connectivity index (χ0n) is 15.4. The fourth-order valence-electron chi connectivity index (χ4n) is 2.97. The second kappa shape index (κ2) is 6.75. The highest BCUT2D eigenvalue weighted by Crippen LogP contribution is 2.38. The van der Waals surface area contributed by atoms with Gasteiger partial charge in [-0.2, -0.15) is 0 Å². The summed E-state index contributed by atoms with van der Waals surface area (Å²) < 4.78 is 5.78. The van der Waals surface area contributed by atoms with Gasteiger partial charge >= 0.3 is 0 Å². The average Bonchev–Trinajstić information content (AvgIpc) is 2.60. The molecule has 1 heterocycles. The van der Waals surface area contributed by atoms with E-state index in [1.807, 2.05) is 13.0 Å². The minimum absolute atomic E-state index is 0.204. The minimum atomic E-state index is -1.09. The molecule has 0 aliphatic carbocycles. The number of amides is 3. The van der Waals surface area contributed by atoms with Crippen LogP contribution in [-0.4, -0.2) is 29.9 Å². The third-order valence-corrected chi connectivity index (χ3v) is 4.30. The van der Waals surface area contributed by atoms with Crippen LogP contribution in [0, 0.1) is 6.92 Å². The third-order valence-electron chi connectivity index (χ3n) is 4.30. The number of nitrogens with one attached hydrogen (secondary N) is 1. The maximum Gasteiger partial charge on any atom is 0.271 e. The highest BCUT2D eigenvalue weighted by molar-refractivity contribution is 6.09. The predicted molar refractivity (Wildman–Crippen MR) is 102 cm³/mol. The van der Waals surface area contributed by atoms with E-state index in [0.717, 1.165) is 5.56 Å². The highest BCUT2D eigenvalue weighted by atomic mass is 16.5. The molecule has 0 bridgehead atoms. The number of hydrogen-bond acceptors (Lipinski definition) is 4. The molecule has 0 spiro atoms. The number of aryl methyl sites for hydroxylation is 1. The van der Waals surface area contributed by atoms with E-state index in [-0.39, 0.29) is 18.0 Å². The molecule has 3 N–H and O–H groups in total. The number of rotatable bonds is 4. The van der Waals surface area contributed by atoms with E-state index < -0.39 is 17.4 Å². The van der Waals surface area contributed by atoms with Gasteiger partial charge in [0.2, 0.25) is 5.91 Å². The largest absolute Gasteiger partial charge is 0.476 e. The summed E-state index contributed by atoms with van der Waals surface area (Å²) >= 11 is 0. The first-order valence-corrected chi connectivity index (χ1v) is 8.49. The van der Waals surface area contributed by atoms with E-state index in [4.69, 9.17) is 10.5 Å². The van der Waals surface area contributed by atoms with E-state index in [1.165, 1.54) is 11.0 Å². The van der Waals surface area contributed by atoms with Gasteiger partial charge in [-0.15, -0.1) is 0 Å². The second-order valence-electron chi connectivity index (χ2n) is 6.93. The van der Waals surface area contributed by atoms with Crippen LogP contribution in [-0.2, 0) is 9.59 Å². The number of nitrogens with two attached hydrogens (primary N) is 1. The highest BCUT2D eigenvalue weighted by Gasteiger charge is 2.41. The molecule has 3 rings (SSSR count). The summed E-state index contributed by atoms with van der Waals surface area (Å²) in [5, 5.41) is 2.66. The Morgan fingerprint density at radius 3 is 2.59 bits per heavy atom. The summed E-state index contributed by atoms with van der Waals surface area (Å²) in [7, 11) is 0. The van der Waals surface area contributed by atoms with Crippen LogP contribution in [0.5, 0.6) is 5.75 Å². The zero-order valence-corrected chi connectivity index (χ0v) is 15.4. The van der Waals surface area contributed by atoms with E-state index in [1.54, 1.807) is 44.2 Å². The van der Waals surface area contributed by atoms with Crippen LogP contribution in [0.1, 0.15) is 29.8 Å². The quantitative estimate of drug-likeness (QED) is 0.865. The molecule has 2 aromatic rings. The molecule has 0 atom stereocenters. The van der Waals surface area contributed by atoms with E-state index in [0.29, 0.717) is 17.1 Å². The lowest BCUT2D eigenvalue weighted by molar-refractivity contribution is -0.133. The monoisotopic (exact) mass is 367 g/mol. The number of fused-ring (bicyclic) bond motifs is 1. The molecule has 2 aromatic carbocycles. The molecule has 0 unspecified atom stereocenters. The fourth-order valence-corrected chi connectivity index (χ4v) is 2.97. The Kier molecular flexibility index (Phi) is 4.61. The lowest BCUT2D eigenvalue weighted by atomic mass is 10.0. The maximum atomic E-state index is 12.8. The van der Waals surface area contributed by atoms with Gasteiger partial charge < -0.3 is 15.8 Å². The third kappa shape index (κ3) is 3.62. The minimum Gasteiger partial charge on any atom is -0.476 e. The van der Waals surface area contributed by atoms with Crippen LogP contribution in [0.3, 0.4) is 0 Å². The normalized spacial score (nSPS) is 14.9. The van der Waals surface area contributed by atoms with Crippen LogP contribution in [0.4, 0.5) is 11.4 Å². The van der Waals surface area contributed by atoms with Crippen LogP contribution in [0.25, 0.3) is 0 Å². The topological polar surface area (TPSA) is 102 Å². The van der Waals surface area contributed by atoms with Gasteiger partial charge in [0.05, 0.1) is 16.9 Å². The summed E-state index contributed by atoms with van der Waals surface area (Å²) in [5.74, 6) is -0.868. The molecular formula is C20H21N3O4. The van der Waals surface area contributed by atoms with Gasteiger partial charge in [-0.3, -0.25) is 19.3 Å². The van der Waals surface area contributed by atoms with Crippen molar-refractivity contribution >= 4 is 29.1 Å². The lowest BCUT2D eigenvalue weighted by Gasteiger charge is -2.38. The van der Waals surface area contributed by atoms with Gasteiger partial charge in [0.25, 0.3) is 11.8 Å². The van der Waals surface area contributed by atoms with Crippen LogP contribution < -0.4 is 20.7 Å². The summed E-state index contributed by atoms with van der Waals surface area (Å²) in [6.45, 7) is 5.00. The predicted octanol–water partition coefficient (Wildman–Crippen LogP) is 2.24. The molecule has 0 saturated carbocycles. The van der Waals surface area contributed by atoms with Gasteiger partial charge in [-0.25, -0.2) is 0 Å². The Morgan fingerprint density at radius 2 is 1.89 bits per heavy atom. The van der Waals surface area contributed by atoms with Gasteiger partial charge in [-0.05, 0) is 50.6 Å². The molecule has 0 saturated heterocycles. The van der Waals surface area contributed by atoms with Crippen LogP contribution >= 0.6 is 0 Å². The Hall–Kier alpha value is -3.35. The molecule has 27 heavy (non-hydrogen) atoms. The number of anilines is 2. The molecule has 0 fully saturated rings. The van der Waals surface area contributed by atoms with Gasteiger partial charge in [0.15, 0.2) is 5.60 Å². The van der Waals surface area contributed by atoms with Crippen LogP contribution in [0.2, 0.25) is 0 Å². The van der Waals surface area contributed by atoms with Crippen molar-refractivity contribution in [1.29, 1.82) is 0 Å². The van der Waals surface area contributed by atoms with Gasteiger partial charge in [-0.1, -0.05) is 18.2 Å².